The number of rotatable bonds is 8. The topological polar surface area (TPSA) is 93.5 Å². The van der Waals surface area contributed by atoms with Crippen molar-refractivity contribution < 1.29 is 14.3 Å². The molecule has 1 fully saturated rings. The lowest BCUT2D eigenvalue weighted by atomic mass is 10.1. The van der Waals surface area contributed by atoms with Crippen LogP contribution in [-0.4, -0.2) is 30.5 Å². The molecule has 2 aromatic rings. The fraction of sp³-hybridized carbons (Fsp3) is 0.333. The first kappa shape index (κ1) is 18.9. The number of carbonyl (C=O) groups is 2. The Hall–Kier alpha value is -2.86. The lowest BCUT2D eigenvalue weighted by molar-refractivity contribution is -0.123. The second-order valence-corrected chi connectivity index (χ2v) is 7.01. The maximum atomic E-state index is 12.0. The van der Waals surface area contributed by atoms with E-state index in [1.165, 1.54) is 0 Å². The molecule has 4 N–H and O–H groups in total. The fourth-order valence-electron chi connectivity index (χ4n) is 2.68. The molecule has 1 aliphatic carbocycles. The molecule has 0 spiro atoms. The minimum atomic E-state index is -0.628. The average Bonchev–Trinajstić information content (AvgIpc) is 3.40. The maximum absolute atomic E-state index is 12.0. The molecular weight excluding hydrogens is 342 g/mol. The van der Waals surface area contributed by atoms with Gasteiger partial charge < -0.3 is 21.1 Å². The van der Waals surface area contributed by atoms with Gasteiger partial charge in [0.05, 0.1) is 5.54 Å². The van der Waals surface area contributed by atoms with Gasteiger partial charge in [-0.05, 0) is 61.6 Å². The van der Waals surface area contributed by atoms with Gasteiger partial charge in [0.2, 0.25) is 5.91 Å². The first-order valence-electron chi connectivity index (χ1n) is 9.10. The van der Waals surface area contributed by atoms with Crippen molar-refractivity contribution in [3.63, 3.8) is 0 Å². The van der Waals surface area contributed by atoms with E-state index in [1.807, 2.05) is 55.5 Å². The van der Waals surface area contributed by atoms with Gasteiger partial charge in [0.15, 0.2) is 6.61 Å². The first-order chi connectivity index (χ1) is 12.9. The predicted octanol–water partition coefficient (Wildman–Crippen LogP) is 2.16. The summed E-state index contributed by atoms with van der Waals surface area (Å²) in [6, 6.07) is 15.1. The van der Waals surface area contributed by atoms with Gasteiger partial charge in [0.25, 0.3) is 5.91 Å². The summed E-state index contributed by atoms with van der Waals surface area (Å²) in [4.78, 5) is 23.7. The summed E-state index contributed by atoms with van der Waals surface area (Å²) in [5.41, 5.74) is 8.13. The van der Waals surface area contributed by atoms with Crippen LogP contribution in [0.1, 0.15) is 24.0 Å². The Balaban J connectivity index is 1.39. The van der Waals surface area contributed by atoms with Gasteiger partial charge in [-0.3, -0.25) is 9.59 Å². The zero-order valence-electron chi connectivity index (χ0n) is 15.5. The van der Waals surface area contributed by atoms with E-state index >= 15 is 0 Å². The molecule has 2 aromatic carbocycles. The number of hydrogen-bond acceptors (Lipinski definition) is 4. The van der Waals surface area contributed by atoms with Crippen molar-refractivity contribution >= 4 is 17.5 Å². The first-order valence-corrected chi connectivity index (χ1v) is 9.10. The molecule has 2 amide bonds. The molecule has 0 radical (unpaired) electrons. The molecule has 0 heterocycles. The Bertz CT molecular complexity index is 814. The molecule has 1 aliphatic rings. The van der Waals surface area contributed by atoms with Crippen molar-refractivity contribution in [2.24, 2.45) is 5.73 Å². The summed E-state index contributed by atoms with van der Waals surface area (Å²) in [5.74, 6) is 0.353. The summed E-state index contributed by atoms with van der Waals surface area (Å²) in [5, 5.41) is 5.67. The van der Waals surface area contributed by atoms with Gasteiger partial charge in [-0.15, -0.1) is 0 Å². The normalized spacial score (nSPS) is 14.3. The molecule has 1 saturated carbocycles. The van der Waals surface area contributed by atoms with E-state index in [0.29, 0.717) is 12.3 Å². The lowest BCUT2D eigenvalue weighted by Crippen LogP contribution is -2.43. The third-order valence-corrected chi connectivity index (χ3v) is 4.54. The number of carbonyl (C=O) groups excluding carboxylic acids is 2. The summed E-state index contributed by atoms with van der Waals surface area (Å²) in [6.45, 7) is 2.47. The molecule has 6 heteroatoms. The Labute approximate surface area is 159 Å². The monoisotopic (exact) mass is 367 g/mol. The minimum absolute atomic E-state index is 0.0536. The summed E-state index contributed by atoms with van der Waals surface area (Å²) in [6.07, 6.45) is 2.25. The molecular formula is C21H25N3O3. The molecule has 0 atom stereocenters. The SMILES string of the molecule is Cc1cccc(NC(=O)COc2ccc(CCNC(=O)C3(N)CC3)cc2)c1. The zero-order valence-corrected chi connectivity index (χ0v) is 15.5. The van der Waals surface area contributed by atoms with Gasteiger partial charge in [-0.25, -0.2) is 0 Å². The van der Waals surface area contributed by atoms with E-state index in [4.69, 9.17) is 10.5 Å². The second-order valence-electron chi connectivity index (χ2n) is 7.01. The molecule has 0 aliphatic heterocycles. The molecule has 0 bridgehead atoms. The van der Waals surface area contributed by atoms with Crippen molar-refractivity contribution in [1.82, 2.24) is 5.32 Å². The van der Waals surface area contributed by atoms with Crippen LogP contribution in [0.5, 0.6) is 5.75 Å². The highest BCUT2D eigenvalue weighted by Gasteiger charge is 2.45. The number of nitrogens with one attached hydrogen (secondary N) is 2. The molecule has 0 unspecified atom stereocenters. The summed E-state index contributed by atoms with van der Waals surface area (Å²) >= 11 is 0. The van der Waals surface area contributed by atoms with E-state index in [9.17, 15) is 9.59 Å². The van der Waals surface area contributed by atoms with Gasteiger partial charge in [-0.1, -0.05) is 24.3 Å². The highest BCUT2D eigenvalue weighted by atomic mass is 16.5. The molecule has 0 aromatic heterocycles. The number of benzene rings is 2. The Morgan fingerprint density at radius 2 is 1.89 bits per heavy atom. The van der Waals surface area contributed by atoms with Crippen LogP contribution in [0.2, 0.25) is 0 Å². The fourth-order valence-corrected chi connectivity index (χ4v) is 2.68. The largest absolute Gasteiger partial charge is 0.484 e. The number of nitrogens with two attached hydrogens (primary N) is 1. The van der Waals surface area contributed by atoms with Crippen LogP contribution >= 0.6 is 0 Å². The summed E-state index contributed by atoms with van der Waals surface area (Å²) < 4.78 is 5.52. The number of hydrogen-bond donors (Lipinski definition) is 3. The Morgan fingerprint density at radius 3 is 2.56 bits per heavy atom. The van der Waals surface area contributed by atoms with Gasteiger partial charge >= 0.3 is 0 Å². The van der Waals surface area contributed by atoms with Gasteiger partial charge in [0, 0.05) is 12.2 Å². The third-order valence-electron chi connectivity index (χ3n) is 4.54. The van der Waals surface area contributed by atoms with Gasteiger partial charge in [-0.2, -0.15) is 0 Å². The molecule has 142 valence electrons. The van der Waals surface area contributed by atoms with Crippen LogP contribution in [0.15, 0.2) is 48.5 Å². The van der Waals surface area contributed by atoms with Crippen molar-refractivity contribution in [3.8, 4) is 5.75 Å². The van der Waals surface area contributed by atoms with Crippen LogP contribution in [0, 0.1) is 6.92 Å². The van der Waals surface area contributed by atoms with E-state index in [1.54, 1.807) is 0 Å². The standard InChI is InChI=1S/C21H25N3O3/c1-15-3-2-4-17(13-15)24-19(25)14-27-18-7-5-16(6-8-18)9-12-23-20(26)21(22)10-11-21/h2-8,13H,9-12,14,22H2,1H3,(H,23,26)(H,24,25). The molecule has 3 rings (SSSR count). The van der Waals surface area contributed by atoms with Crippen molar-refractivity contribution in [1.29, 1.82) is 0 Å². The molecule has 0 saturated heterocycles. The van der Waals surface area contributed by atoms with Crippen molar-refractivity contribution in [2.75, 3.05) is 18.5 Å². The maximum Gasteiger partial charge on any atom is 0.262 e. The van der Waals surface area contributed by atoms with E-state index < -0.39 is 5.54 Å². The van der Waals surface area contributed by atoms with Crippen LogP contribution < -0.4 is 21.1 Å². The highest BCUT2D eigenvalue weighted by molar-refractivity contribution is 5.92. The minimum Gasteiger partial charge on any atom is -0.484 e. The molecule has 6 nitrogen and oxygen atoms in total. The van der Waals surface area contributed by atoms with E-state index in [-0.39, 0.29) is 18.4 Å². The Morgan fingerprint density at radius 1 is 1.15 bits per heavy atom. The number of ether oxygens (including phenoxy) is 1. The van der Waals surface area contributed by atoms with Crippen LogP contribution in [0.4, 0.5) is 5.69 Å². The van der Waals surface area contributed by atoms with Crippen LogP contribution in [-0.2, 0) is 16.0 Å². The third kappa shape index (κ3) is 5.56. The molecule has 27 heavy (non-hydrogen) atoms. The predicted molar refractivity (Wildman–Crippen MR) is 105 cm³/mol. The average molecular weight is 367 g/mol. The Kier molecular flexibility index (Phi) is 5.76. The number of anilines is 1. The zero-order chi connectivity index (χ0) is 19.3. The van der Waals surface area contributed by atoms with Crippen molar-refractivity contribution in [3.05, 3.63) is 59.7 Å². The lowest BCUT2D eigenvalue weighted by Gasteiger charge is -2.11. The highest BCUT2D eigenvalue weighted by Crippen LogP contribution is 2.31. The van der Waals surface area contributed by atoms with Crippen LogP contribution in [0.25, 0.3) is 0 Å². The quantitative estimate of drug-likeness (QED) is 0.666. The van der Waals surface area contributed by atoms with Gasteiger partial charge in [0.1, 0.15) is 5.75 Å². The van der Waals surface area contributed by atoms with E-state index in [2.05, 4.69) is 10.6 Å². The summed E-state index contributed by atoms with van der Waals surface area (Å²) in [7, 11) is 0. The number of aryl methyl sites for hydroxylation is 1. The van der Waals surface area contributed by atoms with Crippen molar-refractivity contribution in [2.45, 2.75) is 31.7 Å². The second kappa shape index (κ2) is 8.22. The number of amides is 2. The van der Waals surface area contributed by atoms with Crippen LogP contribution in [0.3, 0.4) is 0 Å². The van der Waals surface area contributed by atoms with E-state index in [0.717, 1.165) is 36.1 Å². The smallest absolute Gasteiger partial charge is 0.262 e.